The monoisotopic (exact) mass is 345 g/mol. The number of esters is 1. The van der Waals surface area contributed by atoms with E-state index in [1.165, 1.54) is 19.2 Å². The average Bonchev–Trinajstić information content (AvgIpc) is 2.65. The lowest BCUT2D eigenvalue weighted by Crippen LogP contribution is -2.49. The van der Waals surface area contributed by atoms with Crippen LogP contribution in [-0.2, 0) is 11.2 Å². The van der Waals surface area contributed by atoms with Crippen molar-refractivity contribution in [2.45, 2.75) is 12.0 Å². The predicted molar refractivity (Wildman–Crippen MR) is 90.2 cm³/mol. The van der Waals surface area contributed by atoms with Crippen molar-refractivity contribution in [3.8, 4) is 5.75 Å². The Morgan fingerprint density at radius 3 is 2.32 bits per heavy atom. The summed E-state index contributed by atoms with van der Waals surface area (Å²) in [6.45, 7) is -1.28. The lowest BCUT2D eigenvalue weighted by molar-refractivity contribution is -0.576. The smallest absolute Gasteiger partial charge is 0.338 e. The molecule has 0 aliphatic heterocycles. The van der Waals surface area contributed by atoms with Gasteiger partial charge in [-0.3, -0.25) is 10.1 Å². The zero-order valence-electron chi connectivity index (χ0n) is 13.8. The minimum Gasteiger partial charge on any atom is -0.497 e. The first-order valence-electron chi connectivity index (χ1n) is 7.61. The molecule has 0 heterocycles. The van der Waals surface area contributed by atoms with Gasteiger partial charge >= 0.3 is 5.97 Å². The van der Waals surface area contributed by atoms with Gasteiger partial charge in [0.2, 0.25) is 0 Å². The van der Waals surface area contributed by atoms with Crippen molar-refractivity contribution >= 4 is 5.97 Å². The van der Waals surface area contributed by atoms with Crippen LogP contribution in [0.1, 0.15) is 15.9 Å². The maximum atomic E-state index is 12.1. The van der Waals surface area contributed by atoms with E-state index in [2.05, 4.69) is 0 Å². The normalized spacial score (nSPS) is 12.9. The van der Waals surface area contributed by atoms with Gasteiger partial charge in [-0.05, 0) is 29.8 Å². The molecule has 25 heavy (non-hydrogen) atoms. The maximum Gasteiger partial charge on any atom is 0.338 e. The standard InChI is InChI=1S/C18H19NO6/c1-24-16-9-7-15(8-10-16)17(21)25-13-18(12-20,19(22)23)11-14-5-3-2-4-6-14/h2-10,20H,11-13H2,1H3/t18-/m1/s1. The summed E-state index contributed by atoms with van der Waals surface area (Å²) >= 11 is 0. The summed E-state index contributed by atoms with van der Waals surface area (Å²) in [6.07, 6.45) is -0.0484. The summed E-state index contributed by atoms with van der Waals surface area (Å²) in [6, 6.07) is 14.9. The second-order valence-corrected chi connectivity index (χ2v) is 5.61. The van der Waals surface area contributed by atoms with Crippen molar-refractivity contribution in [2.24, 2.45) is 0 Å². The molecular formula is C18H19NO6. The van der Waals surface area contributed by atoms with Crippen LogP contribution in [0.2, 0.25) is 0 Å². The molecule has 2 aromatic rings. The molecule has 132 valence electrons. The molecule has 7 heteroatoms. The fourth-order valence-corrected chi connectivity index (χ4v) is 2.31. The highest BCUT2D eigenvalue weighted by Crippen LogP contribution is 2.19. The predicted octanol–water partition coefficient (Wildman–Crippen LogP) is 2.10. The number of nitrogens with zero attached hydrogens (tertiary/aromatic N) is 1. The summed E-state index contributed by atoms with van der Waals surface area (Å²) in [4.78, 5) is 23.0. The Morgan fingerprint density at radius 2 is 1.80 bits per heavy atom. The topological polar surface area (TPSA) is 98.9 Å². The first-order valence-corrected chi connectivity index (χ1v) is 7.61. The van der Waals surface area contributed by atoms with Crippen molar-refractivity contribution in [3.63, 3.8) is 0 Å². The molecule has 0 saturated heterocycles. The van der Waals surface area contributed by atoms with Crippen molar-refractivity contribution in [1.82, 2.24) is 0 Å². The van der Waals surface area contributed by atoms with Crippen LogP contribution in [0.4, 0.5) is 0 Å². The van der Waals surface area contributed by atoms with Gasteiger partial charge < -0.3 is 14.6 Å². The Bertz CT molecular complexity index is 716. The van der Waals surface area contributed by atoms with Gasteiger partial charge in [0.05, 0.1) is 12.7 Å². The van der Waals surface area contributed by atoms with E-state index in [1.54, 1.807) is 42.5 Å². The van der Waals surface area contributed by atoms with Gasteiger partial charge in [0.1, 0.15) is 12.4 Å². The molecular weight excluding hydrogens is 326 g/mol. The SMILES string of the molecule is COc1ccc(C(=O)OC[C@](CO)(Cc2ccccc2)[N+](=O)[O-])cc1. The van der Waals surface area contributed by atoms with E-state index in [0.29, 0.717) is 11.3 Å². The number of carbonyl (C=O) groups is 1. The number of carbonyl (C=O) groups excluding carboxylic acids is 1. The fourth-order valence-electron chi connectivity index (χ4n) is 2.31. The van der Waals surface area contributed by atoms with Crippen LogP contribution in [-0.4, -0.2) is 41.9 Å². The third-order valence-corrected chi connectivity index (χ3v) is 3.86. The Balaban J connectivity index is 2.11. The zero-order chi connectivity index (χ0) is 18.3. The summed E-state index contributed by atoms with van der Waals surface area (Å²) in [5.74, 6) is -0.119. The number of hydrogen-bond donors (Lipinski definition) is 1. The number of nitro groups is 1. The molecule has 0 aliphatic rings. The molecule has 0 spiro atoms. The van der Waals surface area contributed by atoms with E-state index in [9.17, 15) is 20.0 Å². The van der Waals surface area contributed by atoms with Crippen molar-refractivity contribution in [3.05, 3.63) is 75.8 Å². The second-order valence-electron chi connectivity index (χ2n) is 5.61. The number of hydrogen-bond acceptors (Lipinski definition) is 6. The molecule has 0 bridgehead atoms. The molecule has 0 amide bonds. The van der Waals surface area contributed by atoms with Gasteiger partial charge in [0.15, 0.2) is 6.61 Å². The van der Waals surface area contributed by atoms with Gasteiger partial charge in [-0.2, -0.15) is 0 Å². The minimum atomic E-state index is -1.79. The van der Waals surface area contributed by atoms with Crippen LogP contribution in [0, 0.1) is 10.1 Å². The largest absolute Gasteiger partial charge is 0.497 e. The molecule has 1 N–H and O–H groups in total. The number of methoxy groups -OCH3 is 1. The molecule has 0 saturated carbocycles. The van der Waals surface area contributed by atoms with Gasteiger partial charge in [-0.25, -0.2) is 4.79 Å². The van der Waals surface area contributed by atoms with Crippen LogP contribution in [0.25, 0.3) is 0 Å². The highest BCUT2D eigenvalue weighted by atomic mass is 16.6. The van der Waals surface area contributed by atoms with Gasteiger partial charge in [-0.15, -0.1) is 0 Å². The van der Waals surface area contributed by atoms with Crippen LogP contribution < -0.4 is 4.74 Å². The van der Waals surface area contributed by atoms with Crippen molar-refractivity contribution < 1.29 is 24.3 Å². The first kappa shape index (κ1) is 18.4. The van der Waals surface area contributed by atoms with Crippen LogP contribution in [0.15, 0.2) is 54.6 Å². The molecule has 0 aromatic heterocycles. The molecule has 2 aromatic carbocycles. The number of aliphatic hydroxyl groups is 1. The highest BCUT2D eigenvalue weighted by Gasteiger charge is 2.44. The molecule has 7 nitrogen and oxygen atoms in total. The third-order valence-electron chi connectivity index (χ3n) is 3.86. The van der Waals surface area contributed by atoms with Crippen LogP contribution >= 0.6 is 0 Å². The Hall–Kier alpha value is -2.93. The lowest BCUT2D eigenvalue weighted by atomic mass is 9.93. The van der Waals surface area contributed by atoms with Gasteiger partial charge in [-0.1, -0.05) is 30.3 Å². The van der Waals surface area contributed by atoms with Gasteiger partial charge in [0.25, 0.3) is 5.54 Å². The summed E-state index contributed by atoms with van der Waals surface area (Å²) in [5, 5.41) is 21.1. The Kier molecular flexibility index (Phi) is 6.08. The summed E-state index contributed by atoms with van der Waals surface area (Å²) < 4.78 is 10.1. The van der Waals surface area contributed by atoms with E-state index < -0.39 is 29.6 Å². The van der Waals surface area contributed by atoms with Crippen LogP contribution in [0.5, 0.6) is 5.75 Å². The minimum absolute atomic E-state index is 0.0484. The van der Waals surface area contributed by atoms with Crippen LogP contribution in [0.3, 0.4) is 0 Å². The molecule has 0 unspecified atom stereocenters. The average molecular weight is 345 g/mol. The lowest BCUT2D eigenvalue weighted by Gasteiger charge is -2.23. The quantitative estimate of drug-likeness (QED) is 0.447. The Morgan fingerprint density at radius 1 is 1.16 bits per heavy atom. The van der Waals surface area contributed by atoms with E-state index in [4.69, 9.17) is 9.47 Å². The number of ether oxygens (including phenoxy) is 2. The van der Waals surface area contributed by atoms with Crippen molar-refractivity contribution in [1.29, 1.82) is 0 Å². The van der Waals surface area contributed by atoms with E-state index in [1.807, 2.05) is 0 Å². The molecule has 0 fully saturated rings. The zero-order valence-corrected chi connectivity index (χ0v) is 13.8. The highest BCUT2D eigenvalue weighted by molar-refractivity contribution is 5.89. The molecule has 0 radical (unpaired) electrons. The van der Waals surface area contributed by atoms with E-state index >= 15 is 0 Å². The molecule has 1 atom stereocenters. The van der Waals surface area contributed by atoms with Gasteiger partial charge in [0, 0.05) is 11.3 Å². The Labute approximate surface area is 145 Å². The third kappa shape index (κ3) is 4.54. The number of benzene rings is 2. The molecule has 0 aliphatic carbocycles. The number of aliphatic hydroxyl groups excluding tert-OH is 1. The number of rotatable bonds is 8. The second kappa shape index (κ2) is 8.25. The summed E-state index contributed by atoms with van der Waals surface area (Å²) in [5.41, 5.74) is -0.867. The summed E-state index contributed by atoms with van der Waals surface area (Å²) in [7, 11) is 1.50. The maximum absolute atomic E-state index is 12.1. The molecule has 2 rings (SSSR count). The van der Waals surface area contributed by atoms with E-state index in [0.717, 1.165) is 0 Å². The first-order chi connectivity index (χ1) is 12.0. The fraction of sp³-hybridized carbons (Fsp3) is 0.278. The van der Waals surface area contributed by atoms with E-state index in [-0.39, 0.29) is 12.0 Å². The van der Waals surface area contributed by atoms with Crippen molar-refractivity contribution in [2.75, 3.05) is 20.3 Å².